The van der Waals surface area contributed by atoms with E-state index >= 15 is 0 Å². The molecule has 0 aliphatic carbocycles. The Morgan fingerprint density at radius 3 is 2.35 bits per heavy atom. The fourth-order valence-corrected chi connectivity index (χ4v) is 4.59. The number of carbonyl (C=O) groups excluding carboxylic acids is 1. The first-order valence-corrected chi connectivity index (χ1v) is 9.86. The highest BCUT2D eigenvalue weighted by molar-refractivity contribution is 7.98. The van der Waals surface area contributed by atoms with E-state index in [9.17, 15) is 4.79 Å². The van der Waals surface area contributed by atoms with Crippen LogP contribution in [0.2, 0.25) is 0 Å². The smallest absolute Gasteiger partial charge is 0.339 e. The summed E-state index contributed by atoms with van der Waals surface area (Å²) in [5.41, 5.74) is 4.42. The Hall–Kier alpha value is -2.52. The molecule has 3 aromatic rings. The lowest BCUT2D eigenvalue weighted by atomic mass is 9.87. The highest BCUT2D eigenvalue weighted by atomic mass is 32.2. The number of esters is 1. The van der Waals surface area contributed by atoms with Crippen molar-refractivity contribution in [2.24, 2.45) is 0 Å². The lowest BCUT2D eigenvalue weighted by Crippen LogP contribution is -2.31. The largest absolute Gasteiger partial charge is 0.445 e. The number of cyclic esters (lactones) is 1. The van der Waals surface area contributed by atoms with Crippen LogP contribution < -0.4 is 0 Å². The molecular weight excluding hydrogens is 340 g/mol. The van der Waals surface area contributed by atoms with Gasteiger partial charge in [-0.05, 0) is 18.6 Å². The molecule has 0 spiro atoms. The maximum absolute atomic E-state index is 12.5. The van der Waals surface area contributed by atoms with Gasteiger partial charge in [0, 0.05) is 22.6 Å². The highest BCUT2D eigenvalue weighted by Crippen LogP contribution is 2.44. The molecule has 3 aromatic carbocycles. The van der Waals surface area contributed by atoms with E-state index in [1.54, 1.807) is 11.8 Å². The van der Waals surface area contributed by atoms with Crippen molar-refractivity contribution in [2.45, 2.75) is 18.3 Å². The molecule has 3 heteroatoms. The number of thioether (sulfide) groups is 1. The molecule has 1 aliphatic rings. The van der Waals surface area contributed by atoms with Gasteiger partial charge in [0.2, 0.25) is 0 Å². The number of aryl methyl sites for hydroxylation is 1. The van der Waals surface area contributed by atoms with Gasteiger partial charge in [-0.25, -0.2) is 4.79 Å². The van der Waals surface area contributed by atoms with E-state index < -0.39 is 5.60 Å². The fourth-order valence-electron chi connectivity index (χ4n) is 3.40. The Bertz CT molecular complexity index is 918. The van der Waals surface area contributed by atoms with Gasteiger partial charge in [-0.1, -0.05) is 78.4 Å². The summed E-state index contributed by atoms with van der Waals surface area (Å²) >= 11 is 1.79. The Labute approximate surface area is 158 Å². The van der Waals surface area contributed by atoms with Crippen LogP contribution in [-0.4, -0.2) is 11.7 Å². The molecule has 1 aliphatic heterocycles. The molecule has 1 atom stereocenters. The van der Waals surface area contributed by atoms with Crippen LogP contribution in [-0.2, 0) is 16.1 Å². The second-order valence-electron chi connectivity index (χ2n) is 6.61. The van der Waals surface area contributed by atoms with Crippen molar-refractivity contribution >= 4 is 17.7 Å². The zero-order chi connectivity index (χ0) is 18.0. The van der Waals surface area contributed by atoms with Gasteiger partial charge in [-0.15, -0.1) is 0 Å². The van der Waals surface area contributed by atoms with Crippen LogP contribution >= 0.6 is 11.8 Å². The van der Waals surface area contributed by atoms with Gasteiger partial charge in [0.1, 0.15) is 0 Å². The van der Waals surface area contributed by atoms with Crippen molar-refractivity contribution in [1.82, 2.24) is 0 Å². The van der Waals surface area contributed by atoms with E-state index in [-0.39, 0.29) is 5.97 Å². The summed E-state index contributed by atoms with van der Waals surface area (Å²) < 4.78 is 6.02. The first-order chi connectivity index (χ1) is 12.7. The summed E-state index contributed by atoms with van der Waals surface area (Å²) in [6.07, 6.45) is 0. The summed E-state index contributed by atoms with van der Waals surface area (Å²) in [5.74, 6) is 1.34. The highest BCUT2D eigenvalue weighted by Gasteiger charge is 2.46. The molecule has 0 saturated heterocycles. The maximum Gasteiger partial charge on any atom is 0.339 e. The van der Waals surface area contributed by atoms with Gasteiger partial charge in [0.25, 0.3) is 0 Å². The van der Waals surface area contributed by atoms with Gasteiger partial charge < -0.3 is 4.74 Å². The summed E-state index contributed by atoms with van der Waals surface area (Å²) in [4.78, 5) is 12.5. The van der Waals surface area contributed by atoms with Crippen LogP contribution in [0.15, 0.2) is 78.9 Å². The number of benzene rings is 3. The number of ether oxygens (including phenoxy) is 1. The first-order valence-electron chi connectivity index (χ1n) is 8.71. The molecule has 4 rings (SSSR count). The standard InChI is InChI=1S/C23H20O2S/c1-17-11-13-19(14-12-17)23(16-26-15-18-7-3-2-4-8-18)21-10-6-5-9-20(21)22(24)25-23/h2-14H,15-16H2,1H3. The Kier molecular flexibility index (Phi) is 4.56. The van der Waals surface area contributed by atoms with Crippen LogP contribution in [0.4, 0.5) is 0 Å². The van der Waals surface area contributed by atoms with Crippen LogP contribution in [0.5, 0.6) is 0 Å². The minimum Gasteiger partial charge on any atom is -0.445 e. The molecule has 0 N–H and O–H groups in total. The number of hydrogen-bond acceptors (Lipinski definition) is 3. The van der Waals surface area contributed by atoms with E-state index in [0.717, 1.165) is 16.9 Å². The fraction of sp³-hybridized carbons (Fsp3) is 0.174. The second kappa shape index (κ2) is 7.00. The third-order valence-electron chi connectivity index (χ3n) is 4.78. The lowest BCUT2D eigenvalue weighted by molar-refractivity contribution is 0.0197. The van der Waals surface area contributed by atoms with Crippen molar-refractivity contribution in [1.29, 1.82) is 0 Å². The first kappa shape index (κ1) is 16.9. The number of rotatable bonds is 5. The molecule has 2 nitrogen and oxygen atoms in total. The second-order valence-corrected chi connectivity index (χ2v) is 7.59. The minimum absolute atomic E-state index is 0.235. The Morgan fingerprint density at radius 1 is 0.885 bits per heavy atom. The summed E-state index contributed by atoms with van der Waals surface area (Å²) in [6, 6.07) is 26.4. The monoisotopic (exact) mass is 360 g/mol. The average Bonchev–Trinajstić information content (AvgIpc) is 2.97. The third-order valence-corrected chi connectivity index (χ3v) is 5.93. The summed E-state index contributed by atoms with van der Waals surface area (Å²) in [7, 11) is 0. The lowest BCUT2D eigenvalue weighted by Gasteiger charge is -2.29. The van der Waals surface area contributed by atoms with E-state index in [0.29, 0.717) is 11.3 Å². The molecule has 1 unspecified atom stereocenters. The van der Waals surface area contributed by atoms with Crippen molar-refractivity contribution in [3.8, 4) is 0 Å². The molecular formula is C23H20O2S. The van der Waals surface area contributed by atoms with Gasteiger partial charge in [0.05, 0.1) is 5.56 Å². The predicted octanol–water partition coefficient (Wildman–Crippen LogP) is 5.34. The van der Waals surface area contributed by atoms with E-state index in [4.69, 9.17) is 4.74 Å². The van der Waals surface area contributed by atoms with Gasteiger partial charge in [-0.3, -0.25) is 0 Å². The SMILES string of the molecule is Cc1ccc(C2(CSCc3ccccc3)OC(=O)c3ccccc32)cc1. The average molecular weight is 360 g/mol. The Balaban J connectivity index is 1.69. The number of hydrogen-bond donors (Lipinski definition) is 0. The van der Waals surface area contributed by atoms with E-state index in [1.165, 1.54) is 11.1 Å². The molecule has 0 radical (unpaired) electrons. The molecule has 0 amide bonds. The van der Waals surface area contributed by atoms with Crippen LogP contribution in [0.1, 0.15) is 32.6 Å². The number of fused-ring (bicyclic) bond motifs is 1. The summed E-state index contributed by atoms with van der Waals surface area (Å²) in [5, 5.41) is 0. The van der Waals surface area contributed by atoms with Crippen molar-refractivity contribution in [2.75, 3.05) is 5.75 Å². The van der Waals surface area contributed by atoms with E-state index in [2.05, 4.69) is 55.5 Å². The minimum atomic E-state index is -0.721. The van der Waals surface area contributed by atoms with Gasteiger partial charge in [-0.2, -0.15) is 11.8 Å². The van der Waals surface area contributed by atoms with Crippen molar-refractivity contribution in [3.63, 3.8) is 0 Å². The van der Waals surface area contributed by atoms with Crippen LogP contribution in [0, 0.1) is 6.92 Å². The number of carbonyl (C=O) groups is 1. The zero-order valence-corrected chi connectivity index (χ0v) is 15.5. The molecule has 0 saturated carbocycles. The summed E-state index contributed by atoms with van der Waals surface area (Å²) in [6.45, 7) is 2.06. The molecule has 1 heterocycles. The molecule has 0 aromatic heterocycles. The predicted molar refractivity (Wildman–Crippen MR) is 106 cm³/mol. The molecule has 0 bridgehead atoms. The maximum atomic E-state index is 12.5. The van der Waals surface area contributed by atoms with Crippen molar-refractivity contribution < 1.29 is 9.53 Å². The normalized spacial score (nSPS) is 18.4. The quantitative estimate of drug-likeness (QED) is 0.574. The van der Waals surface area contributed by atoms with Crippen molar-refractivity contribution in [3.05, 3.63) is 107 Å². The Morgan fingerprint density at radius 2 is 1.58 bits per heavy atom. The van der Waals surface area contributed by atoms with E-state index in [1.807, 2.05) is 30.3 Å². The van der Waals surface area contributed by atoms with Crippen LogP contribution in [0.25, 0.3) is 0 Å². The van der Waals surface area contributed by atoms with Gasteiger partial charge in [0.15, 0.2) is 5.60 Å². The third kappa shape index (κ3) is 3.04. The van der Waals surface area contributed by atoms with Crippen LogP contribution in [0.3, 0.4) is 0 Å². The van der Waals surface area contributed by atoms with Gasteiger partial charge >= 0.3 is 5.97 Å². The molecule has 26 heavy (non-hydrogen) atoms. The topological polar surface area (TPSA) is 26.3 Å². The molecule has 130 valence electrons. The molecule has 0 fully saturated rings. The zero-order valence-electron chi connectivity index (χ0n) is 14.6.